The van der Waals surface area contributed by atoms with Crippen LogP contribution in [0, 0.1) is 11.3 Å². The van der Waals surface area contributed by atoms with Gasteiger partial charge in [0, 0.05) is 0 Å². The summed E-state index contributed by atoms with van der Waals surface area (Å²) in [6, 6.07) is 16.2. The molecule has 0 bridgehead atoms. The standard InChI is InChI=1S/C15H13NO3S/c16-10-12-6-8-13(9-7-12)15(11-17)20(18,19)14-4-2-1-3-5-14/h1-9,15,17H,11H2. The molecule has 2 rings (SSSR count). The summed E-state index contributed by atoms with van der Waals surface area (Å²) < 4.78 is 25.0. The molecule has 4 nitrogen and oxygen atoms in total. The maximum atomic E-state index is 12.5. The maximum absolute atomic E-state index is 12.5. The van der Waals surface area contributed by atoms with Gasteiger partial charge in [0.1, 0.15) is 5.25 Å². The van der Waals surface area contributed by atoms with Crippen LogP contribution in [0.15, 0.2) is 59.5 Å². The smallest absolute Gasteiger partial charge is 0.187 e. The van der Waals surface area contributed by atoms with Crippen molar-refractivity contribution in [1.29, 1.82) is 5.26 Å². The van der Waals surface area contributed by atoms with Crippen LogP contribution in [-0.2, 0) is 9.84 Å². The molecule has 2 aromatic rings. The lowest BCUT2D eigenvalue weighted by molar-refractivity contribution is 0.291. The Labute approximate surface area is 117 Å². The monoisotopic (exact) mass is 287 g/mol. The van der Waals surface area contributed by atoms with Crippen molar-refractivity contribution in [3.05, 3.63) is 65.7 Å². The normalized spacial score (nSPS) is 12.6. The summed E-state index contributed by atoms with van der Waals surface area (Å²) >= 11 is 0. The molecule has 0 aromatic heterocycles. The molecule has 0 heterocycles. The molecule has 20 heavy (non-hydrogen) atoms. The molecule has 0 aliphatic carbocycles. The van der Waals surface area contributed by atoms with E-state index in [9.17, 15) is 13.5 Å². The zero-order chi connectivity index (χ0) is 14.6. The Kier molecular flexibility index (Phi) is 4.18. The van der Waals surface area contributed by atoms with Crippen molar-refractivity contribution in [1.82, 2.24) is 0 Å². The van der Waals surface area contributed by atoms with E-state index in [2.05, 4.69) is 0 Å². The summed E-state index contributed by atoms with van der Waals surface area (Å²) in [6.07, 6.45) is 0. The number of aliphatic hydroxyl groups excluding tert-OH is 1. The van der Waals surface area contributed by atoms with E-state index in [1.54, 1.807) is 42.5 Å². The van der Waals surface area contributed by atoms with Gasteiger partial charge in [-0.3, -0.25) is 0 Å². The summed E-state index contributed by atoms with van der Waals surface area (Å²) in [4.78, 5) is 0.170. The summed E-state index contributed by atoms with van der Waals surface area (Å²) in [7, 11) is -3.66. The second-order valence-corrected chi connectivity index (χ2v) is 6.39. The third-order valence-electron chi connectivity index (χ3n) is 3.02. The molecule has 0 aliphatic rings. The van der Waals surface area contributed by atoms with Gasteiger partial charge in [0.05, 0.1) is 23.1 Å². The van der Waals surface area contributed by atoms with Crippen LogP contribution in [0.2, 0.25) is 0 Å². The molecule has 0 spiro atoms. The van der Waals surface area contributed by atoms with E-state index >= 15 is 0 Å². The molecule has 1 atom stereocenters. The highest BCUT2D eigenvalue weighted by Crippen LogP contribution is 2.28. The molecule has 5 heteroatoms. The lowest BCUT2D eigenvalue weighted by Crippen LogP contribution is -2.17. The van der Waals surface area contributed by atoms with Gasteiger partial charge in [-0.15, -0.1) is 0 Å². The number of hydrogen-bond donors (Lipinski definition) is 1. The number of aliphatic hydroxyl groups is 1. The molecule has 0 amide bonds. The fourth-order valence-corrected chi connectivity index (χ4v) is 3.51. The largest absolute Gasteiger partial charge is 0.395 e. The number of nitrogens with zero attached hydrogens (tertiary/aromatic N) is 1. The first-order valence-corrected chi connectivity index (χ1v) is 7.54. The Balaban J connectivity index is 2.44. The zero-order valence-corrected chi connectivity index (χ0v) is 11.4. The number of sulfone groups is 1. The van der Waals surface area contributed by atoms with Crippen molar-refractivity contribution >= 4 is 9.84 Å². The van der Waals surface area contributed by atoms with Crippen molar-refractivity contribution in [2.45, 2.75) is 10.1 Å². The Morgan fingerprint density at radius 1 is 1.05 bits per heavy atom. The highest BCUT2D eigenvalue weighted by Gasteiger charge is 2.28. The van der Waals surface area contributed by atoms with Crippen molar-refractivity contribution in [3.63, 3.8) is 0 Å². The maximum Gasteiger partial charge on any atom is 0.187 e. The Bertz CT molecular complexity index is 716. The van der Waals surface area contributed by atoms with Gasteiger partial charge >= 0.3 is 0 Å². The molecule has 2 aromatic carbocycles. The fraction of sp³-hybridized carbons (Fsp3) is 0.133. The quantitative estimate of drug-likeness (QED) is 0.933. The van der Waals surface area contributed by atoms with E-state index in [-0.39, 0.29) is 4.90 Å². The van der Waals surface area contributed by atoms with Gasteiger partial charge in [0.2, 0.25) is 0 Å². The average molecular weight is 287 g/mol. The summed E-state index contributed by atoms with van der Waals surface area (Å²) in [5, 5.41) is 17.2. The molecule has 102 valence electrons. The predicted molar refractivity (Wildman–Crippen MR) is 74.6 cm³/mol. The van der Waals surface area contributed by atoms with Crippen LogP contribution in [0.3, 0.4) is 0 Å². The Morgan fingerprint density at radius 2 is 1.65 bits per heavy atom. The van der Waals surface area contributed by atoms with Crippen LogP contribution in [0.4, 0.5) is 0 Å². The van der Waals surface area contributed by atoms with Crippen LogP contribution < -0.4 is 0 Å². The van der Waals surface area contributed by atoms with Gasteiger partial charge in [-0.05, 0) is 29.8 Å². The van der Waals surface area contributed by atoms with Gasteiger partial charge in [-0.2, -0.15) is 5.26 Å². The van der Waals surface area contributed by atoms with E-state index in [0.717, 1.165) is 0 Å². The predicted octanol–water partition coefficient (Wildman–Crippen LogP) is 2.07. The Morgan fingerprint density at radius 3 is 2.15 bits per heavy atom. The summed E-state index contributed by atoms with van der Waals surface area (Å²) in [5.74, 6) is 0. The molecule has 0 fully saturated rings. The molecule has 1 unspecified atom stereocenters. The summed E-state index contributed by atoms with van der Waals surface area (Å²) in [5.41, 5.74) is 0.915. The van der Waals surface area contributed by atoms with E-state index in [0.29, 0.717) is 11.1 Å². The molecule has 0 saturated heterocycles. The van der Waals surface area contributed by atoms with Gasteiger partial charge in [0.15, 0.2) is 9.84 Å². The molecule has 0 radical (unpaired) electrons. The molecule has 1 N–H and O–H groups in total. The zero-order valence-electron chi connectivity index (χ0n) is 10.6. The van der Waals surface area contributed by atoms with Crippen LogP contribution in [-0.4, -0.2) is 20.1 Å². The minimum absolute atomic E-state index is 0.170. The third-order valence-corrected chi connectivity index (χ3v) is 5.12. The van der Waals surface area contributed by atoms with Gasteiger partial charge < -0.3 is 5.11 Å². The topological polar surface area (TPSA) is 78.2 Å². The molecule has 0 aliphatic heterocycles. The SMILES string of the molecule is N#Cc1ccc(C(CO)S(=O)(=O)c2ccccc2)cc1. The first-order valence-electron chi connectivity index (χ1n) is 5.99. The molecule has 0 saturated carbocycles. The summed E-state index contributed by atoms with van der Waals surface area (Å²) in [6.45, 7) is -0.511. The number of benzene rings is 2. The van der Waals surface area contributed by atoms with E-state index in [4.69, 9.17) is 5.26 Å². The van der Waals surface area contributed by atoms with Gasteiger partial charge in [-0.25, -0.2) is 8.42 Å². The lowest BCUT2D eigenvalue weighted by atomic mass is 10.1. The van der Waals surface area contributed by atoms with Crippen molar-refractivity contribution in [3.8, 4) is 6.07 Å². The van der Waals surface area contributed by atoms with Gasteiger partial charge in [-0.1, -0.05) is 30.3 Å². The van der Waals surface area contributed by atoms with Gasteiger partial charge in [0.25, 0.3) is 0 Å². The van der Waals surface area contributed by atoms with E-state index < -0.39 is 21.7 Å². The van der Waals surface area contributed by atoms with Crippen LogP contribution in [0.5, 0.6) is 0 Å². The molecular weight excluding hydrogens is 274 g/mol. The number of nitriles is 1. The fourth-order valence-electron chi connectivity index (χ4n) is 1.93. The number of rotatable bonds is 4. The van der Waals surface area contributed by atoms with Crippen molar-refractivity contribution in [2.24, 2.45) is 0 Å². The lowest BCUT2D eigenvalue weighted by Gasteiger charge is -2.15. The first-order chi connectivity index (χ1) is 9.59. The highest BCUT2D eigenvalue weighted by molar-refractivity contribution is 7.91. The van der Waals surface area contributed by atoms with E-state index in [1.807, 2.05) is 6.07 Å². The van der Waals surface area contributed by atoms with Crippen molar-refractivity contribution < 1.29 is 13.5 Å². The van der Waals surface area contributed by atoms with Crippen LogP contribution in [0.25, 0.3) is 0 Å². The number of hydrogen-bond acceptors (Lipinski definition) is 4. The molecular formula is C15H13NO3S. The average Bonchev–Trinajstić information content (AvgIpc) is 2.49. The van der Waals surface area contributed by atoms with Crippen molar-refractivity contribution in [2.75, 3.05) is 6.61 Å². The van der Waals surface area contributed by atoms with Crippen LogP contribution in [0.1, 0.15) is 16.4 Å². The third kappa shape index (κ3) is 2.72. The second-order valence-electron chi connectivity index (χ2n) is 4.26. The highest BCUT2D eigenvalue weighted by atomic mass is 32.2. The van der Waals surface area contributed by atoms with Crippen LogP contribution >= 0.6 is 0 Å². The van der Waals surface area contributed by atoms with E-state index in [1.165, 1.54) is 12.1 Å². The second kappa shape index (κ2) is 5.87. The Hall–Kier alpha value is -2.16. The first kappa shape index (κ1) is 14.3. The minimum atomic E-state index is -3.66. The minimum Gasteiger partial charge on any atom is -0.395 e.